The predicted octanol–water partition coefficient (Wildman–Crippen LogP) is 23.5. The van der Waals surface area contributed by atoms with E-state index in [-0.39, 0.29) is 41.2 Å². The first kappa shape index (κ1) is 126. The molecule has 0 aliphatic carbocycles. The Balaban J connectivity index is -0.000000672. The van der Waals surface area contributed by atoms with Gasteiger partial charge in [-0.3, -0.25) is 34.0 Å². The number of nitrogens with zero attached hydrogens (tertiary/aromatic N) is 3. The molecule has 0 saturated heterocycles. The molecule has 728 valence electrons. The number of aromatic nitrogens is 2. The van der Waals surface area contributed by atoms with Crippen molar-refractivity contribution in [3.63, 3.8) is 0 Å². The standard InChI is InChI=1S/C10H8O3.C10H6O3.C8H6N2O3.C8H9NO2.3C8H9NO.C7H6N2O2S.8C5H12/c11-8-6-13-10(12)9(8)7-4-2-1-3-5-7;11-8-7(9(12)10(8)13)6-4-2-1-3-5-6;11-7-9-8(12)13-10(7)6-4-2-1-3-5-6;1-9(11)8(10)7-5-3-2-4-6-7;3*1-9-8(10)7-5-3-2-4-6-7;10-12-9-7(8-11-12)6-4-2-1-3-5-6;8*1-5(2,3)4/h1-5,11H,6H2;1-5,11H;1-5H,(H,9,11,12);2-6,11H,1H3;3*2-6H,1H3,(H,9,10);1-5H,(H,8,9);8*1-4H3. The van der Waals surface area contributed by atoms with Crippen molar-refractivity contribution in [3.05, 3.63) is 323 Å². The Bertz CT molecular complexity index is 4800. The lowest BCUT2D eigenvalue weighted by Gasteiger charge is -2.06. The maximum absolute atomic E-state index is 11.1. The Kier molecular flexibility index (Phi) is 60.9. The number of hydrogen-bond donors (Lipinski definition) is 8. The van der Waals surface area contributed by atoms with Gasteiger partial charge < -0.3 is 35.4 Å². The highest BCUT2D eigenvalue weighted by Crippen LogP contribution is 2.25. The van der Waals surface area contributed by atoms with Gasteiger partial charge in [0.1, 0.15) is 17.9 Å². The molecular weight excluding hydrogens is 1690 g/mol. The van der Waals surface area contributed by atoms with Crippen molar-refractivity contribution in [1.82, 2.24) is 36.2 Å². The monoisotopic (exact) mass is 1840 g/mol. The van der Waals surface area contributed by atoms with Crippen molar-refractivity contribution in [2.45, 2.75) is 222 Å². The summed E-state index contributed by atoms with van der Waals surface area (Å²) in [6.45, 7) is 70.0. The maximum atomic E-state index is 11.1. The fourth-order valence-corrected chi connectivity index (χ4v) is 7.90. The van der Waals surface area contributed by atoms with Gasteiger partial charge in [0.2, 0.25) is 5.43 Å². The number of carbonyl (C=O) groups is 5. The second kappa shape index (κ2) is 63.8. The van der Waals surface area contributed by atoms with Crippen LogP contribution in [0.25, 0.3) is 22.4 Å². The zero-order chi connectivity index (χ0) is 103. The minimum absolute atomic E-state index is 0.0104. The van der Waals surface area contributed by atoms with Crippen LogP contribution in [0.15, 0.2) is 277 Å². The van der Waals surface area contributed by atoms with Crippen molar-refractivity contribution < 1.29 is 57.1 Å². The number of aliphatic hydroxyl groups excluding tert-OH is 1. The summed E-state index contributed by atoms with van der Waals surface area (Å²) in [6.07, 6.45) is 0. The van der Waals surface area contributed by atoms with E-state index in [9.17, 15) is 52.5 Å². The Morgan fingerprint density at radius 2 is 0.644 bits per heavy atom. The number of carbonyl (C=O) groups excluding carboxylic acids is 5. The Morgan fingerprint density at radius 1 is 0.386 bits per heavy atom. The van der Waals surface area contributed by atoms with Crippen LogP contribution in [-0.2, 0) is 25.1 Å². The molecule has 3 heterocycles. The SMILES string of the molecule is CC(C)(C)C.CC(C)(C)C.CC(C)(C)C.CC(C)(C)C.CC(C)(C)C.CC(C)(C)C.CC(C)(C)C.CC(C)(C)C.CN(O)C(=O)c1ccccc1.CNC(=O)c1ccccc1.CNC(=O)c1ccccc1.CNC(=O)c1ccccc1.O=C1OCC(O)=C1c1ccccc1.O=S1N=C(c2ccccc2)NO1.O=c1[nH]c(=O)n(-c2ccccc2)o1.O=c1c(O)c(-c2ccccc2)c1=O. The molecule has 24 nitrogen and oxygen atoms in total. The third-order valence-corrected chi connectivity index (χ3v) is 12.5. The van der Waals surface area contributed by atoms with Crippen LogP contribution in [0.5, 0.6) is 5.75 Å². The Hall–Kier alpha value is -12.2. The number of ether oxygens (including phenoxy) is 1. The average Bonchev–Trinajstić information content (AvgIpc) is 0.897. The van der Waals surface area contributed by atoms with Gasteiger partial charge in [-0.15, -0.1) is 9.14 Å². The van der Waals surface area contributed by atoms with Gasteiger partial charge in [-0.1, -0.05) is 404 Å². The summed E-state index contributed by atoms with van der Waals surface area (Å²) in [5, 5.41) is 35.4. The maximum Gasteiger partial charge on any atom is 0.440 e. The highest BCUT2D eigenvalue weighted by Gasteiger charge is 2.26. The molecule has 8 N–H and O–H groups in total. The van der Waals surface area contributed by atoms with E-state index in [1.165, 1.54) is 7.05 Å². The average molecular weight is 1840 g/mol. The highest BCUT2D eigenvalue weighted by molar-refractivity contribution is 7.79. The van der Waals surface area contributed by atoms with Crippen molar-refractivity contribution in [2.75, 3.05) is 34.8 Å². The number of cyclic esters (lactones) is 1. The topological polar surface area (TPSA) is 347 Å². The summed E-state index contributed by atoms with van der Waals surface area (Å²) in [5.41, 5.74) is 10.2. The second-order valence-electron chi connectivity index (χ2n) is 42.2. The number of nitrogens with one attached hydrogen (secondary N) is 5. The first-order valence-corrected chi connectivity index (χ1v) is 44.3. The molecule has 10 aromatic rings. The molecule has 2 aliphatic heterocycles. The van der Waals surface area contributed by atoms with Gasteiger partial charge >= 0.3 is 28.7 Å². The molecule has 132 heavy (non-hydrogen) atoms. The summed E-state index contributed by atoms with van der Waals surface area (Å²) in [6, 6.07) is 71.5. The van der Waals surface area contributed by atoms with Gasteiger partial charge in [0.05, 0.1) is 11.3 Å². The number of benzene rings is 8. The van der Waals surface area contributed by atoms with Gasteiger partial charge in [-0.2, -0.15) is 4.28 Å². The zero-order valence-corrected chi connectivity index (χ0v) is 86.5. The largest absolute Gasteiger partial charge is 0.508 e. The number of aromatic amines is 1. The predicted molar refractivity (Wildman–Crippen MR) is 547 cm³/mol. The van der Waals surface area contributed by atoms with E-state index >= 15 is 0 Å². The zero-order valence-electron chi connectivity index (χ0n) is 85.7. The number of esters is 1. The first-order valence-electron chi connectivity index (χ1n) is 43.3. The van der Waals surface area contributed by atoms with E-state index in [1.807, 2.05) is 102 Å². The molecule has 1 unspecified atom stereocenters. The molecule has 1 atom stereocenters. The number of aliphatic hydroxyl groups is 1. The summed E-state index contributed by atoms with van der Waals surface area (Å²) >= 11 is -1.58. The van der Waals surface area contributed by atoms with Gasteiger partial charge in [-0.25, -0.2) is 34.1 Å². The quantitative estimate of drug-likeness (QED) is 0.0303. The number of para-hydroxylation sites is 1. The smallest absolute Gasteiger partial charge is 0.440 e. The number of aromatic hydroxyl groups is 1. The summed E-state index contributed by atoms with van der Waals surface area (Å²) in [7, 11) is 6.16. The summed E-state index contributed by atoms with van der Waals surface area (Å²) in [5.74, 6) is -1.63. The van der Waals surface area contributed by atoms with Gasteiger partial charge in [-0.05, 0) is 115 Å². The molecule has 0 radical (unpaired) electrons. The van der Waals surface area contributed by atoms with Crippen LogP contribution in [0.1, 0.15) is 274 Å². The van der Waals surface area contributed by atoms with Crippen molar-refractivity contribution in [2.24, 2.45) is 47.7 Å². The molecule has 0 saturated carbocycles. The number of hydroxylamine groups is 3. The van der Waals surface area contributed by atoms with Crippen molar-refractivity contribution in [1.29, 1.82) is 0 Å². The second-order valence-corrected chi connectivity index (χ2v) is 43.0. The van der Waals surface area contributed by atoms with Crippen LogP contribution in [0.3, 0.4) is 0 Å². The van der Waals surface area contributed by atoms with E-state index in [0.29, 0.717) is 93.3 Å². The fourth-order valence-electron chi connectivity index (χ4n) is 7.42. The molecule has 2 aliphatic rings. The molecule has 0 spiro atoms. The molecular formula is C107H158N8O16S. The molecule has 0 fully saturated rings. The molecule has 12 rings (SSSR count). The van der Waals surface area contributed by atoms with Crippen molar-refractivity contribution in [3.8, 4) is 22.6 Å². The van der Waals surface area contributed by atoms with Crippen LogP contribution >= 0.6 is 0 Å². The summed E-state index contributed by atoms with van der Waals surface area (Å²) < 4.78 is 29.1. The lowest BCUT2D eigenvalue weighted by molar-refractivity contribution is -0.134. The number of amidine groups is 1. The molecule has 0 bridgehead atoms. The minimum atomic E-state index is -1.58. The van der Waals surface area contributed by atoms with E-state index < -0.39 is 51.2 Å². The lowest BCUT2D eigenvalue weighted by Crippen LogP contribution is -2.31. The van der Waals surface area contributed by atoms with Gasteiger partial charge in [0.15, 0.2) is 11.6 Å². The van der Waals surface area contributed by atoms with Crippen LogP contribution in [0.4, 0.5) is 0 Å². The first-order chi connectivity index (χ1) is 60.4. The van der Waals surface area contributed by atoms with Gasteiger partial charge in [0.25, 0.3) is 29.1 Å². The molecule has 25 heteroatoms. The van der Waals surface area contributed by atoms with Crippen LogP contribution in [0, 0.1) is 43.3 Å². The van der Waals surface area contributed by atoms with E-state index in [1.54, 1.807) is 167 Å². The van der Waals surface area contributed by atoms with Crippen molar-refractivity contribution >= 4 is 52.3 Å². The Labute approximate surface area is 791 Å². The van der Waals surface area contributed by atoms with E-state index in [2.05, 4.69) is 261 Å². The lowest BCUT2D eigenvalue weighted by atomic mass is 10.0. The molecule has 9 aromatic carbocycles. The third kappa shape index (κ3) is 77.7. The van der Waals surface area contributed by atoms with E-state index in [4.69, 9.17) is 10.3 Å². The van der Waals surface area contributed by atoms with Crippen LogP contribution < -0.4 is 43.7 Å². The normalized spacial score (nSPS) is 12.0. The highest BCUT2D eigenvalue weighted by atomic mass is 32.2. The number of rotatable bonds is 8. The molecule has 4 amide bonds. The number of H-pyrrole nitrogens is 1. The fraction of sp³-hybridized carbons (Fsp3) is 0.421. The Morgan fingerprint density at radius 3 is 0.871 bits per heavy atom. The van der Waals surface area contributed by atoms with E-state index in [0.717, 1.165) is 10.3 Å². The number of amides is 4. The third-order valence-electron chi connectivity index (χ3n) is 11.9. The van der Waals surface area contributed by atoms with Gasteiger partial charge in [0, 0.05) is 56.0 Å². The number of hydrogen-bond acceptors (Lipinski definition) is 17. The van der Waals surface area contributed by atoms with Crippen LogP contribution in [-0.4, -0.2) is 105 Å². The minimum Gasteiger partial charge on any atom is -0.508 e. The summed E-state index contributed by atoms with van der Waals surface area (Å²) in [4.78, 5) is 100. The van der Waals surface area contributed by atoms with Crippen LogP contribution in [0.2, 0.25) is 0 Å². The molecule has 1 aromatic heterocycles.